The van der Waals surface area contributed by atoms with E-state index in [0.29, 0.717) is 6.42 Å². The Hall–Kier alpha value is -1.56. The molecule has 0 amide bonds. The molecule has 0 spiro atoms. The number of carbonyl (C=O) groups is 2. The van der Waals surface area contributed by atoms with E-state index in [-0.39, 0.29) is 19.6 Å². The van der Waals surface area contributed by atoms with Crippen LogP contribution in [0.2, 0.25) is 0 Å². The third-order valence-electron chi connectivity index (χ3n) is 6.70. The molecule has 10 nitrogen and oxygen atoms in total. The van der Waals surface area contributed by atoms with E-state index in [1.54, 1.807) is 0 Å². The highest BCUT2D eigenvalue weighted by Gasteiger charge is 2.44. The van der Waals surface area contributed by atoms with Crippen LogP contribution in [0.4, 0.5) is 0 Å². The fourth-order valence-corrected chi connectivity index (χ4v) is 4.36. The van der Waals surface area contributed by atoms with E-state index in [1.165, 1.54) is 51.9 Å². The molecule has 4 N–H and O–H groups in total. The van der Waals surface area contributed by atoms with Crippen LogP contribution >= 0.6 is 0 Å². The molecule has 0 aromatic carbocycles. The zero-order valence-electron chi connectivity index (χ0n) is 23.9. The minimum absolute atomic E-state index is 0.235. The van der Waals surface area contributed by atoms with Crippen molar-refractivity contribution in [2.75, 3.05) is 19.8 Å². The molecule has 0 radical (unpaired) electrons. The van der Waals surface area contributed by atoms with Gasteiger partial charge in [0.15, 0.2) is 12.4 Å². The second-order valence-electron chi connectivity index (χ2n) is 10.3. The highest BCUT2D eigenvalue weighted by atomic mass is 16.7. The topological polar surface area (TPSA) is 152 Å². The van der Waals surface area contributed by atoms with Gasteiger partial charge < -0.3 is 39.4 Å². The van der Waals surface area contributed by atoms with Crippen LogP contribution < -0.4 is 0 Å². The number of hydrogen-bond acceptors (Lipinski definition) is 10. The van der Waals surface area contributed by atoms with Crippen molar-refractivity contribution in [3.63, 3.8) is 0 Å². The monoisotopic (exact) mass is 560 g/mol. The molecule has 228 valence electrons. The third-order valence-corrected chi connectivity index (χ3v) is 6.70. The summed E-state index contributed by atoms with van der Waals surface area (Å²) in [5.74, 6) is -1.01. The van der Waals surface area contributed by atoms with Gasteiger partial charge >= 0.3 is 11.9 Å². The lowest BCUT2D eigenvalue weighted by molar-refractivity contribution is -0.305. The minimum Gasteiger partial charge on any atom is -0.462 e. The summed E-state index contributed by atoms with van der Waals surface area (Å²) < 4.78 is 21.0. The van der Waals surface area contributed by atoms with Crippen molar-refractivity contribution in [1.29, 1.82) is 0 Å². The van der Waals surface area contributed by atoms with Crippen molar-refractivity contribution in [2.24, 2.45) is 0 Å². The van der Waals surface area contributed by atoms with Crippen molar-refractivity contribution < 1.29 is 49.0 Å². The van der Waals surface area contributed by atoms with Crippen LogP contribution in [0.15, 0.2) is 12.2 Å². The van der Waals surface area contributed by atoms with Crippen molar-refractivity contribution in [1.82, 2.24) is 0 Å². The highest BCUT2D eigenvalue weighted by molar-refractivity contribution is 5.69. The maximum absolute atomic E-state index is 12.1. The summed E-state index contributed by atoms with van der Waals surface area (Å²) in [6.07, 6.45) is 11.9. The van der Waals surface area contributed by atoms with Crippen LogP contribution in [0.5, 0.6) is 0 Å². The highest BCUT2D eigenvalue weighted by Crippen LogP contribution is 2.22. The molecule has 0 aromatic heterocycles. The number of aliphatic hydroxyl groups excluding tert-OH is 4. The van der Waals surface area contributed by atoms with Gasteiger partial charge in [-0.15, -0.1) is 0 Å². The Morgan fingerprint density at radius 2 is 1.41 bits per heavy atom. The lowest BCUT2D eigenvalue weighted by atomic mass is 9.99. The number of unbranched alkanes of at least 4 members (excludes halogenated alkanes) is 11. The van der Waals surface area contributed by atoms with Gasteiger partial charge in [-0.1, -0.05) is 70.4 Å². The first-order chi connectivity index (χ1) is 18.8. The van der Waals surface area contributed by atoms with Gasteiger partial charge in [0.1, 0.15) is 31.0 Å². The maximum Gasteiger partial charge on any atom is 0.305 e. The van der Waals surface area contributed by atoms with Gasteiger partial charge in [-0.2, -0.15) is 0 Å². The molecule has 0 aromatic rings. The van der Waals surface area contributed by atoms with Gasteiger partial charge in [0.25, 0.3) is 0 Å². The molecular weight excluding hydrogens is 508 g/mol. The minimum atomic E-state index is -1.59. The predicted molar refractivity (Wildman–Crippen MR) is 146 cm³/mol. The van der Waals surface area contributed by atoms with Gasteiger partial charge in [-0.05, 0) is 32.1 Å². The summed E-state index contributed by atoms with van der Waals surface area (Å²) in [4.78, 5) is 23.5. The van der Waals surface area contributed by atoms with E-state index < -0.39 is 55.4 Å². The Morgan fingerprint density at radius 3 is 2.00 bits per heavy atom. The van der Waals surface area contributed by atoms with Crippen molar-refractivity contribution >= 4 is 11.9 Å². The van der Waals surface area contributed by atoms with Gasteiger partial charge in [0, 0.05) is 13.3 Å². The van der Waals surface area contributed by atoms with Crippen LogP contribution in [0.1, 0.15) is 104 Å². The van der Waals surface area contributed by atoms with Crippen LogP contribution in [0, 0.1) is 0 Å². The molecule has 1 aliphatic heterocycles. The smallest absolute Gasteiger partial charge is 0.305 e. The average Bonchev–Trinajstić information content (AvgIpc) is 2.91. The molecule has 1 saturated heterocycles. The summed E-state index contributed by atoms with van der Waals surface area (Å²) in [6.45, 7) is 2.32. The zero-order chi connectivity index (χ0) is 28.9. The van der Waals surface area contributed by atoms with Crippen LogP contribution in [0.3, 0.4) is 0 Å². The van der Waals surface area contributed by atoms with Crippen molar-refractivity contribution in [2.45, 2.75) is 141 Å². The number of ether oxygens (including phenoxy) is 4. The Labute approximate surface area is 233 Å². The normalized spacial score (nSPS) is 24.1. The Bertz CT molecular complexity index is 668. The molecule has 0 bridgehead atoms. The second-order valence-corrected chi connectivity index (χ2v) is 10.3. The molecule has 1 rings (SSSR count). The van der Waals surface area contributed by atoms with Crippen LogP contribution in [-0.4, -0.2) is 89.0 Å². The van der Waals surface area contributed by atoms with Gasteiger partial charge in [-0.3, -0.25) is 9.59 Å². The first kappa shape index (κ1) is 35.5. The van der Waals surface area contributed by atoms with E-state index in [9.17, 15) is 30.0 Å². The second kappa shape index (κ2) is 22.2. The van der Waals surface area contributed by atoms with Crippen LogP contribution in [-0.2, 0) is 28.5 Å². The number of allylic oxidation sites excluding steroid dienone is 2. The first-order valence-electron chi connectivity index (χ1n) is 14.7. The molecule has 0 saturated carbocycles. The number of aliphatic hydroxyl groups is 4. The summed E-state index contributed by atoms with van der Waals surface area (Å²) in [7, 11) is 0. The van der Waals surface area contributed by atoms with E-state index in [2.05, 4.69) is 19.1 Å². The molecule has 1 heterocycles. The Kier molecular flexibility index (Phi) is 20.2. The van der Waals surface area contributed by atoms with Crippen molar-refractivity contribution in [3.05, 3.63) is 12.2 Å². The lowest BCUT2D eigenvalue weighted by Gasteiger charge is -2.39. The molecule has 10 heteroatoms. The lowest BCUT2D eigenvalue weighted by Crippen LogP contribution is -2.59. The maximum atomic E-state index is 12.1. The van der Waals surface area contributed by atoms with Crippen LogP contribution in [0.25, 0.3) is 0 Å². The SMILES string of the molecule is CCCCCCCC/C=C\CCCCCCCC(=O)OCC(CO[C@@H]1O[C@H](CO)[C@H](O)[C@H](O)[C@H]1O)OC(C)=O. The Balaban J connectivity index is 2.16. The molecular formula is C29H52O10. The Morgan fingerprint density at radius 1 is 0.821 bits per heavy atom. The van der Waals surface area contributed by atoms with Gasteiger partial charge in [-0.25, -0.2) is 0 Å². The number of carbonyl (C=O) groups excluding carboxylic acids is 2. The fraction of sp³-hybridized carbons (Fsp3) is 0.862. The molecule has 1 aliphatic rings. The number of rotatable bonds is 22. The summed E-state index contributed by atoms with van der Waals surface area (Å²) in [6, 6.07) is 0. The van der Waals surface area contributed by atoms with E-state index in [0.717, 1.165) is 32.1 Å². The standard InChI is InChI=1S/C29H52O10/c1-3-4-5-6-7-8-9-10-11-12-13-14-15-16-17-18-25(32)36-20-23(38-22(2)31)21-37-29-28(35)27(34)26(33)24(19-30)39-29/h10-11,23-24,26-30,33-35H,3-9,12-21H2,1-2H3/b11-10-/t23?,24-,26+,27+,28-,29-/m1/s1. The van der Waals surface area contributed by atoms with E-state index >= 15 is 0 Å². The third kappa shape index (κ3) is 16.3. The molecule has 6 atom stereocenters. The molecule has 1 fully saturated rings. The van der Waals surface area contributed by atoms with Gasteiger partial charge in [0.05, 0.1) is 13.2 Å². The largest absolute Gasteiger partial charge is 0.462 e. The molecule has 39 heavy (non-hydrogen) atoms. The summed E-state index contributed by atoms with van der Waals surface area (Å²) in [5.41, 5.74) is 0. The zero-order valence-corrected chi connectivity index (χ0v) is 23.9. The van der Waals surface area contributed by atoms with E-state index in [1.807, 2.05) is 0 Å². The number of hydrogen-bond donors (Lipinski definition) is 4. The van der Waals surface area contributed by atoms with Crippen molar-refractivity contribution in [3.8, 4) is 0 Å². The fourth-order valence-electron chi connectivity index (χ4n) is 4.36. The first-order valence-corrected chi connectivity index (χ1v) is 14.7. The van der Waals surface area contributed by atoms with E-state index in [4.69, 9.17) is 18.9 Å². The molecule has 1 unspecified atom stereocenters. The average molecular weight is 561 g/mol. The predicted octanol–water partition coefficient (Wildman–Crippen LogP) is 3.32. The number of esters is 2. The quantitative estimate of drug-likeness (QED) is 0.0881. The summed E-state index contributed by atoms with van der Waals surface area (Å²) in [5, 5.41) is 39.0. The van der Waals surface area contributed by atoms with Gasteiger partial charge in [0.2, 0.25) is 0 Å². The summed E-state index contributed by atoms with van der Waals surface area (Å²) >= 11 is 0. The molecule has 0 aliphatic carbocycles.